The summed E-state index contributed by atoms with van der Waals surface area (Å²) in [5.41, 5.74) is 7.88. The molecular weight excluding hydrogens is 322 g/mol. The normalized spacial score (nSPS) is 25.5. The van der Waals surface area contributed by atoms with Crippen LogP contribution in [0.15, 0.2) is 46.1 Å². The maximum atomic E-state index is 12.0. The van der Waals surface area contributed by atoms with Gasteiger partial charge >= 0.3 is 0 Å². The van der Waals surface area contributed by atoms with Gasteiger partial charge in [0.15, 0.2) is 0 Å². The van der Waals surface area contributed by atoms with E-state index in [0.29, 0.717) is 12.0 Å². The number of rotatable bonds is 2. The number of ether oxygens (including phenoxy) is 1. The van der Waals surface area contributed by atoms with Crippen molar-refractivity contribution in [3.63, 3.8) is 0 Å². The Hall–Kier alpha value is -2.88. The van der Waals surface area contributed by atoms with Crippen molar-refractivity contribution in [2.75, 3.05) is 0 Å². The second-order valence-corrected chi connectivity index (χ2v) is 7.38. The molecule has 2 N–H and O–H groups in total. The van der Waals surface area contributed by atoms with E-state index in [9.17, 15) is 20.2 Å². The number of hydrogen-bond acceptors (Lipinski definition) is 6. The fourth-order valence-corrected chi connectivity index (χ4v) is 3.37. The zero-order chi connectivity index (χ0) is 18.4. The molecule has 25 heavy (non-hydrogen) atoms. The molecule has 0 saturated carbocycles. The lowest BCUT2D eigenvalue weighted by molar-refractivity contribution is -0.494. The van der Waals surface area contributed by atoms with Crippen molar-refractivity contribution < 1.29 is 14.5 Å². The van der Waals surface area contributed by atoms with Gasteiger partial charge in [-0.1, -0.05) is 13.8 Å². The van der Waals surface area contributed by atoms with E-state index in [4.69, 9.17) is 10.5 Å². The zero-order valence-electron chi connectivity index (χ0n) is 14.2. The summed E-state index contributed by atoms with van der Waals surface area (Å²) in [6.07, 6.45) is 5.33. The van der Waals surface area contributed by atoms with Gasteiger partial charge in [0.2, 0.25) is 5.78 Å². The van der Waals surface area contributed by atoms with Crippen LogP contribution in [0.3, 0.4) is 0 Å². The fourth-order valence-electron chi connectivity index (χ4n) is 3.37. The molecular formula is C18H19N3O4. The lowest BCUT2D eigenvalue weighted by atomic mass is 9.75. The number of carbonyl (C=O) groups excluding carboxylic acids is 1. The highest BCUT2D eigenvalue weighted by Crippen LogP contribution is 2.45. The average molecular weight is 341 g/mol. The van der Waals surface area contributed by atoms with Gasteiger partial charge in [0, 0.05) is 41.2 Å². The Morgan fingerprint density at radius 1 is 1.48 bits per heavy atom. The molecule has 0 saturated heterocycles. The SMILES string of the molecule is CC1(C)CCC2=C(C1)OC(C1=CC(=O)C([N+](=O)[O-])C=C1N)=C(C#N)C2. The molecule has 0 bridgehead atoms. The number of allylic oxidation sites excluding steroid dienone is 3. The van der Waals surface area contributed by atoms with Crippen LogP contribution < -0.4 is 5.73 Å². The van der Waals surface area contributed by atoms with E-state index >= 15 is 0 Å². The van der Waals surface area contributed by atoms with Crippen LogP contribution in [0, 0.1) is 26.9 Å². The molecule has 130 valence electrons. The molecule has 0 aromatic heterocycles. The zero-order valence-corrected chi connectivity index (χ0v) is 14.2. The number of nitriles is 1. The van der Waals surface area contributed by atoms with Gasteiger partial charge < -0.3 is 10.5 Å². The van der Waals surface area contributed by atoms with E-state index in [1.807, 2.05) is 0 Å². The van der Waals surface area contributed by atoms with Crippen LogP contribution in [0.2, 0.25) is 0 Å². The Morgan fingerprint density at radius 3 is 2.84 bits per heavy atom. The average Bonchev–Trinajstić information content (AvgIpc) is 2.54. The summed E-state index contributed by atoms with van der Waals surface area (Å²) >= 11 is 0. The van der Waals surface area contributed by atoms with Crippen LogP contribution in [0.4, 0.5) is 0 Å². The third-order valence-corrected chi connectivity index (χ3v) is 4.86. The van der Waals surface area contributed by atoms with Gasteiger partial charge in [-0.05, 0) is 23.8 Å². The van der Waals surface area contributed by atoms with Crippen molar-refractivity contribution in [1.29, 1.82) is 5.26 Å². The topological polar surface area (TPSA) is 119 Å². The molecule has 7 nitrogen and oxygen atoms in total. The van der Waals surface area contributed by atoms with Crippen LogP contribution >= 0.6 is 0 Å². The third kappa shape index (κ3) is 3.07. The van der Waals surface area contributed by atoms with Crippen LogP contribution in [-0.4, -0.2) is 16.7 Å². The van der Waals surface area contributed by atoms with Gasteiger partial charge in [-0.2, -0.15) is 5.26 Å². The Morgan fingerprint density at radius 2 is 2.20 bits per heavy atom. The number of ketones is 1. The van der Waals surface area contributed by atoms with E-state index in [0.717, 1.165) is 42.7 Å². The van der Waals surface area contributed by atoms with Crippen molar-refractivity contribution in [1.82, 2.24) is 0 Å². The second kappa shape index (κ2) is 5.88. The maximum Gasteiger partial charge on any atom is 0.294 e. The quantitative estimate of drug-likeness (QED) is 0.609. The number of nitrogens with two attached hydrogens (primary N) is 1. The highest BCUT2D eigenvalue weighted by atomic mass is 16.6. The van der Waals surface area contributed by atoms with Crippen molar-refractivity contribution in [3.05, 3.63) is 56.2 Å². The molecule has 1 atom stereocenters. The number of hydrogen-bond donors (Lipinski definition) is 1. The maximum absolute atomic E-state index is 12.0. The van der Waals surface area contributed by atoms with Crippen molar-refractivity contribution in [2.45, 2.75) is 45.6 Å². The van der Waals surface area contributed by atoms with Crippen LogP contribution in [0.5, 0.6) is 0 Å². The summed E-state index contributed by atoms with van der Waals surface area (Å²) in [6.45, 7) is 4.31. The Balaban J connectivity index is 1.97. The molecule has 3 aliphatic rings. The first-order valence-electron chi connectivity index (χ1n) is 8.11. The molecule has 2 aliphatic carbocycles. The largest absolute Gasteiger partial charge is 0.460 e. The summed E-state index contributed by atoms with van der Waals surface area (Å²) < 4.78 is 6.01. The smallest absolute Gasteiger partial charge is 0.294 e. The van der Waals surface area contributed by atoms with Gasteiger partial charge in [0.25, 0.3) is 6.04 Å². The third-order valence-electron chi connectivity index (χ3n) is 4.86. The Kier molecular flexibility index (Phi) is 3.99. The summed E-state index contributed by atoms with van der Waals surface area (Å²) in [5.74, 6) is 0.400. The summed E-state index contributed by atoms with van der Waals surface area (Å²) in [7, 11) is 0. The minimum absolute atomic E-state index is 0.0863. The Bertz CT molecular complexity index is 837. The Labute approximate surface area is 145 Å². The van der Waals surface area contributed by atoms with Gasteiger partial charge in [0.1, 0.15) is 11.5 Å². The lowest BCUT2D eigenvalue weighted by Gasteiger charge is -2.36. The predicted molar refractivity (Wildman–Crippen MR) is 89.1 cm³/mol. The van der Waals surface area contributed by atoms with E-state index in [1.54, 1.807) is 0 Å². The monoisotopic (exact) mass is 341 g/mol. The molecule has 1 aliphatic heterocycles. The van der Waals surface area contributed by atoms with Gasteiger partial charge in [-0.3, -0.25) is 14.9 Å². The van der Waals surface area contributed by atoms with E-state index in [-0.39, 0.29) is 22.4 Å². The first kappa shape index (κ1) is 17.0. The molecule has 0 aromatic carbocycles. The fraction of sp³-hybridized carbons (Fsp3) is 0.444. The van der Waals surface area contributed by atoms with Gasteiger partial charge in [-0.15, -0.1) is 0 Å². The standard InChI is InChI=1S/C18H19N3O4/c1-18(2)4-3-10-5-11(9-19)17(25-16(10)8-18)12-6-15(22)14(21(23)24)7-13(12)20/h6-7,14H,3-5,8,20H2,1-2H3. The molecule has 7 heteroatoms. The van der Waals surface area contributed by atoms with E-state index < -0.39 is 16.7 Å². The predicted octanol–water partition coefficient (Wildman–Crippen LogP) is 2.65. The number of nitrogens with zero attached hydrogens (tertiary/aromatic N) is 2. The number of carbonyl (C=O) groups is 1. The van der Waals surface area contributed by atoms with Crippen molar-refractivity contribution >= 4 is 5.78 Å². The molecule has 0 fully saturated rings. The summed E-state index contributed by atoms with van der Waals surface area (Å²) in [4.78, 5) is 22.3. The minimum atomic E-state index is -1.48. The van der Waals surface area contributed by atoms with E-state index in [2.05, 4.69) is 19.9 Å². The lowest BCUT2D eigenvalue weighted by Crippen LogP contribution is -2.32. The van der Waals surface area contributed by atoms with Gasteiger partial charge in [-0.25, -0.2) is 0 Å². The first-order valence-corrected chi connectivity index (χ1v) is 8.11. The summed E-state index contributed by atoms with van der Waals surface area (Å²) in [6, 6.07) is 0.642. The molecule has 1 heterocycles. The van der Waals surface area contributed by atoms with Crippen LogP contribution in [0.25, 0.3) is 0 Å². The molecule has 0 radical (unpaired) electrons. The minimum Gasteiger partial charge on any atom is -0.460 e. The van der Waals surface area contributed by atoms with Crippen molar-refractivity contribution in [2.24, 2.45) is 11.1 Å². The summed E-state index contributed by atoms with van der Waals surface area (Å²) in [5, 5.41) is 20.4. The molecule has 0 amide bonds. The second-order valence-electron chi connectivity index (χ2n) is 7.38. The highest BCUT2D eigenvalue weighted by Gasteiger charge is 2.37. The van der Waals surface area contributed by atoms with Crippen LogP contribution in [0.1, 0.15) is 39.5 Å². The molecule has 1 unspecified atom stereocenters. The number of nitro groups is 1. The van der Waals surface area contributed by atoms with Gasteiger partial charge in [0.05, 0.1) is 11.6 Å². The molecule has 0 spiro atoms. The first-order chi connectivity index (χ1) is 11.7. The van der Waals surface area contributed by atoms with Crippen LogP contribution in [-0.2, 0) is 9.53 Å². The molecule has 3 rings (SSSR count). The molecule has 0 aromatic rings. The van der Waals surface area contributed by atoms with Crippen molar-refractivity contribution in [3.8, 4) is 6.07 Å². The highest BCUT2D eigenvalue weighted by molar-refractivity contribution is 5.98. The van der Waals surface area contributed by atoms with E-state index in [1.165, 1.54) is 0 Å².